The van der Waals surface area contributed by atoms with Gasteiger partial charge in [0.05, 0.1) is 10.5 Å². The summed E-state index contributed by atoms with van der Waals surface area (Å²) in [6, 6.07) is 9.91. The van der Waals surface area contributed by atoms with Gasteiger partial charge in [-0.05, 0) is 76.4 Å². The number of halogens is 1. The highest BCUT2D eigenvalue weighted by molar-refractivity contribution is 14.1. The van der Waals surface area contributed by atoms with E-state index in [9.17, 15) is 20.3 Å². The lowest BCUT2D eigenvalue weighted by Crippen LogP contribution is -2.00. The van der Waals surface area contributed by atoms with Crippen molar-refractivity contribution in [1.82, 2.24) is 0 Å². The molecule has 6 heteroatoms. The molecule has 24 heavy (non-hydrogen) atoms. The summed E-state index contributed by atoms with van der Waals surface area (Å²) in [5, 5.41) is 30.8. The first-order valence-corrected chi connectivity index (χ1v) is 8.66. The summed E-state index contributed by atoms with van der Waals surface area (Å²) < 4.78 is 0.238. The lowest BCUT2D eigenvalue weighted by Gasteiger charge is -2.15. The smallest absolute Gasteiger partial charge is 0.293 e. The van der Waals surface area contributed by atoms with Crippen LogP contribution in [-0.2, 0) is 0 Å². The van der Waals surface area contributed by atoms with Crippen LogP contribution < -0.4 is 0 Å². The Morgan fingerprint density at radius 3 is 2.12 bits per heavy atom. The first-order valence-electron chi connectivity index (χ1n) is 7.58. The lowest BCUT2D eigenvalue weighted by molar-refractivity contribution is -0.386. The van der Waals surface area contributed by atoms with Gasteiger partial charge in [-0.2, -0.15) is 0 Å². The van der Waals surface area contributed by atoms with Gasteiger partial charge in [-0.25, -0.2) is 0 Å². The molecule has 0 aromatic heterocycles. The van der Waals surface area contributed by atoms with Gasteiger partial charge in [0.25, 0.3) is 5.69 Å². The van der Waals surface area contributed by atoms with E-state index in [4.69, 9.17) is 0 Å². The van der Waals surface area contributed by atoms with E-state index < -0.39 is 4.92 Å². The number of allylic oxidation sites excluding steroid dienone is 2. The van der Waals surface area contributed by atoms with Crippen LogP contribution in [0.15, 0.2) is 36.4 Å². The minimum atomic E-state index is -0.448. The van der Waals surface area contributed by atoms with E-state index in [1.165, 1.54) is 6.07 Å². The molecule has 0 aliphatic carbocycles. The standard InChI is InChI=1S/C18H18INO4/c1-3-13(11-5-7-12(21)8-6-11)14(4-2)15-9-10-16(22)17(19)18(15)20(23)24/h5-10,21-22H,3-4H2,1-2H3. The first kappa shape index (κ1) is 18.3. The highest BCUT2D eigenvalue weighted by Crippen LogP contribution is 2.40. The Morgan fingerprint density at radius 1 is 1.04 bits per heavy atom. The number of nitro groups is 1. The number of aromatic hydroxyl groups is 2. The maximum Gasteiger partial charge on any atom is 0.293 e. The van der Waals surface area contributed by atoms with E-state index in [-0.39, 0.29) is 20.8 Å². The van der Waals surface area contributed by atoms with Crippen LogP contribution in [0.25, 0.3) is 11.1 Å². The highest BCUT2D eigenvalue weighted by atomic mass is 127. The predicted octanol–water partition coefficient (Wildman–Crippen LogP) is 5.34. The fraction of sp³-hybridized carbons (Fsp3) is 0.222. The maximum absolute atomic E-state index is 11.5. The molecule has 0 heterocycles. The second kappa shape index (κ2) is 7.65. The number of hydrogen-bond donors (Lipinski definition) is 2. The van der Waals surface area contributed by atoms with Crippen molar-refractivity contribution in [3.05, 3.63) is 61.2 Å². The maximum atomic E-state index is 11.5. The summed E-state index contributed by atoms with van der Waals surface area (Å²) in [6.07, 6.45) is 1.31. The van der Waals surface area contributed by atoms with Crippen LogP contribution in [0.4, 0.5) is 5.69 Å². The minimum absolute atomic E-state index is 0.0721. The number of phenolic OH excluding ortho intramolecular Hbond substituents is 2. The van der Waals surface area contributed by atoms with E-state index in [1.54, 1.807) is 52.9 Å². The van der Waals surface area contributed by atoms with Gasteiger partial charge in [-0.15, -0.1) is 0 Å². The Labute approximate surface area is 153 Å². The number of phenols is 2. The molecule has 0 radical (unpaired) electrons. The fourth-order valence-corrected chi connectivity index (χ4v) is 3.46. The Morgan fingerprint density at radius 2 is 1.62 bits per heavy atom. The van der Waals surface area contributed by atoms with Crippen LogP contribution in [-0.4, -0.2) is 15.1 Å². The molecular formula is C18H18INO4. The third-order valence-electron chi connectivity index (χ3n) is 3.89. The molecule has 126 valence electrons. The molecule has 0 spiro atoms. The van der Waals surface area contributed by atoms with Gasteiger partial charge in [0.15, 0.2) is 0 Å². The fourth-order valence-electron chi connectivity index (χ4n) is 2.80. The number of benzene rings is 2. The molecule has 2 aromatic carbocycles. The third-order valence-corrected chi connectivity index (χ3v) is 4.95. The quantitative estimate of drug-likeness (QED) is 0.285. The van der Waals surface area contributed by atoms with Crippen molar-refractivity contribution in [1.29, 1.82) is 0 Å². The van der Waals surface area contributed by atoms with Gasteiger partial charge in [-0.1, -0.05) is 26.0 Å². The molecule has 0 fully saturated rings. The Kier molecular flexibility index (Phi) is 5.82. The molecule has 2 N–H and O–H groups in total. The molecular weight excluding hydrogens is 421 g/mol. The Balaban J connectivity index is 2.76. The van der Waals surface area contributed by atoms with Crippen molar-refractivity contribution in [2.45, 2.75) is 26.7 Å². The largest absolute Gasteiger partial charge is 0.508 e. The number of hydrogen-bond acceptors (Lipinski definition) is 4. The van der Waals surface area contributed by atoms with E-state index in [1.807, 2.05) is 13.8 Å². The van der Waals surface area contributed by atoms with Crippen LogP contribution in [0.2, 0.25) is 0 Å². The van der Waals surface area contributed by atoms with Gasteiger partial charge in [0.2, 0.25) is 0 Å². The molecule has 5 nitrogen and oxygen atoms in total. The van der Waals surface area contributed by atoms with Crippen molar-refractivity contribution >= 4 is 39.4 Å². The summed E-state index contributed by atoms with van der Waals surface area (Å²) in [5.41, 5.74) is 3.23. The molecule has 0 saturated heterocycles. The predicted molar refractivity (Wildman–Crippen MR) is 103 cm³/mol. The van der Waals surface area contributed by atoms with E-state index in [0.29, 0.717) is 18.4 Å². The minimum Gasteiger partial charge on any atom is -0.508 e. The molecule has 0 amide bonds. The van der Waals surface area contributed by atoms with Crippen molar-refractivity contribution in [3.63, 3.8) is 0 Å². The van der Waals surface area contributed by atoms with Crippen LogP contribution >= 0.6 is 22.6 Å². The van der Waals surface area contributed by atoms with Crippen molar-refractivity contribution in [2.75, 3.05) is 0 Å². The van der Waals surface area contributed by atoms with E-state index >= 15 is 0 Å². The van der Waals surface area contributed by atoms with Crippen molar-refractivity contribution in [3.8, 4) is 11.5 Å². The lowest BCUT2D eigenvalue weighted by atomic mass is 9.90. The van der Waals surface area contributed by atoms with Gasteiger partial charge in [-0.3, -0.25) is 10.1 Å². The second-order valence-electron chi connectivity index (χ2n) is 5.26. The average Bonchev–Trinajstić information content (AvgIpc) is 2.56. The SMILES string of the molecule is CCC(=C(CC)c1ccc(O)c(I)c1[N+](=O)[O-])c1ccc(O)cc1. The molecule has 0 aliphatic rings. The molecule has 0 unspecified atom stereocenters. The Bertz CT molecular complexity index is 797. The van der Waals surface area contributed by atoms with E-state index in [2.05, 4.69) is 0 Å². The normalized spacial score (nSPS) is 12.0. The highest BCUT2D eigenvalue weighted by Gasteiger charge is 2.24. The van der Waals surface area contributed by atoms with Crippen LogP contribution in [0.1, 0.15) is 37.8 Å². The van der Waals surface area contributed by atoms with Gasteiger partial charge in [0.1, 0.15) is 15.1 Å². The number of nitro benzene ring substituents is 1. The zero-order valence-electron chi connectivity index (χ0n) is 13.4. The molecule has 0 bridgehead atoms. The third kappa shape index (κ3) is 3.53. The molecule has 0 saturated carbocycles. The molecule has 2 rings (SSSR count). The van der Waals surface area contributed by atoms with Gasteiger partial charge >= 0.3 is 0 Å². The second-order valence-corrected chi connectivity index (χ2v) is 6.34. The molecule has 0 atom stereocenters. The Hall–Kier alpha value is -2.09. The number of nitrogens with zero attached hydrogens (tertiary/aromatic N) is 1. The zero-order valence-corrected chi connectivity index (χ0v) is 15.6. The summed E-state index contributed by atoms with van der Waals surface area (Å²) >= 11 is 1.80. The zero-order chi connectivity index (χ0) is 17.9. The average molecular weight is 439 g/mol. The van der Waals surface area contributed by atoms with Crippen LogP contribution in [0.3, 0.4) is 0 Å². The molecule has 0 aliphatic heterocycles. The summed E-state index contributed by atoms with van der Waals surface area (Å²) in [5.74, 6) is 0.0848. The van der Waals surface area contributed by atoms with Crippen molar-refractivity contribution < 1.29 is 15.1 Å². The summed E-state index contributed by atoms with van der Waals surface area (Å²) in [4.78, 5) is 11.1. The molecule has 2 aromatic rings. The van der Waals surface area contributed by atoms with Crippen LogP contribution in [0.5, 0.6) is 11.5 Å². The van der Waals surface area contributed by atoms with E-state index in [0.717, 1.165) is 16.7 Å². The monoisotopic (exact) mass is 439 g/mol. The first-order chi connectivity index (χ1) is 11.4. The van der Waals surface area contributed by atoms with Gasteiger partial charge in [0, 0.05) is 0 Å². The summed E-state index contributed by atoms with van der Waals surface area (Å²) in [7, 11) is 0. The summed E-state index contributed by atoms with van der Waals surface area (Å²) in [6.45, 7) is 3.95. The van der Waals surface area contributed by atoms with Crippen molar-refractivity contribution in [2.24, 2.45) is 0 Å². The van der Waals surface area contributed by atoms with Crippen LogP contribution in [0, 0.1) is 13.7 Å². The number of rotatable bonds is 5. The topological polar surface area (TPSA) is 83.6 Å². The van der Waals surface area contributed by atoms with Gasteiger partial charge < -0.3 is 10.2 Å².